The van der Waals surface area contributed by atoms with Crippen LogP contribution in [0.5, 0.6) is 0 Å². The third-order valence-corrected chi connectivity index (χ3v) is 3.17. The average Bonchev–Trinajstić information content (AvgIpc) is 2.97. The summed E-state index contributed by atoms with van der Waals surface area (Å²) in [5.41, 5.74) is 2.70. The van der Waals surface area contributed by atoms with E-state index in [9.17, 15) is 4.79 Å². The van der Waals surface area contributed by atoms with Crippen LogP contribution < -0.4 is 10.6 Å². The van der Waals surface area contributed by atoms with Gasteiger partial charge in [-0.1, -0.05) is 18.2 Å². The number of benzene rings is 2. The molecule has 22 heavy (non-hydrogen) atoms. The van der Waals surface area contributed by atoms with Crippen molar-refractivity contribution in [3.05, 3.63) is 78.3 Å². The van der Waals surface area contributed by atoms with Crippen molar-refractivity contribution in [2.75, 3.05) is 10.6 Å². The van der Waals surface area contributed by atoms with Crippen molar-refractivity contribution in [3.8, 4) is 0 Å². The second-order valence-corrected chi connectivity index (χ2v) is 4.93. The molecule has 4 nitrogen and oxygen atoms in total. The van der Waals surface area contributed by atoms with Gasteiger partial charge in [-0.25, -0.2) is 0 Å². The molecule has 3 rings (SSSR count). The van der Waals surface area contributed by atoms with Gasteiger partial charge in [-0.3, -0.25) is 4.79 Å². The molecule has 0 aliphatic rings. The minimum atomic E-state index is -0.253. The largest absolute Gasteiger partial charge is 0.456 e. The third-order valence-electron chi connectivity index (χ3n) is 3.17. The van der Waals surface area contributed by atoms with Crippen LogP contribution >= 0.6 is 0 Å². The van der Waals surface area contributed by atoms with Crippen molar-refractivity contribution < 1.29 is 9.21 Å². The summed E-state index contributed by atoms with van der Waals surface area (Å²) in [6.45, 7) is 1.81. The van der Waals surface area contributed by atoms with Crippen LogP contribution in [0.1, 0.15) is 16.3 Å². The van der Waals surface area contributed by atoms with E-state index in [1.165, 1.54) is 0 Å². The fourth-order valence-corrected chi connectivity index (χ4v) is 2.07. The van der Waals surface area contributed by atoms with Gasteiger partial charge in [0.05, 0.1) is 0 Å². The van der Waals surface area contributed by atoms with E-state index in [-0.39, 0.29) is 5.91 Å². The summed E-state index contributed by atoms with van der Waals surface area (Å²) < 4.78 is 5.30. The fourth-order valence-electron chi connectivity index (χ4n) is 2.07. The number of aryl methyl sites for hydroxylation is 1. The van der Waals surface area contributed by atoms with E-state index in [2.05, 4.69) is 10.6 Å². The summed E-state index contributed by atoms with van der Waals surface area (Å²) in [5.74, 6) is 0.772. The molecule has 1 heterocycles. The van der Waals surface area contributed by atoms with Crippen LogP contribution in [0.3, 0.4) is 0 Å². The molecular formula is C18H16N2O2. The Balaban J connectivity index is 1.65. The SMILES string of the molecule is Cc1ccc(C(=O)Nc2ccc(Nc3ccccc3)cc2)o1. The molecule has 0 saturated carbocycles. The number of anilines is 3. The van der Waals surface area contributed by atoms with Crippen molar-refractivity contribution in [1.82, 2.24) is 0 Å². The Bertz CT molecular complexity index is 761. The first kappa shape index (κ1) is 13.9. The van der Waals surface area contributed by atoms with Crippen molar-refractivity contribution in [3.63, 3.8) is 0 Å². The second-order valence-electron chi connectivity index (χ2n) is 4.93. The molecule has 0 aliphatic heterocycles. The van der Waals surface area contributed by atoms with Gasteiger partial charge >= 0.3 is 0 Å². The fraction of sp³-hybridized carbons (Fsp3) is 0.0556. The lowest BCUT2D eigenvalue weighted by molar-refractivity contribution is 0.0995. The Morgan fingerprint density at radius 3 is 2.09 bits per heavy atom. The molecule has 0 saturated heterocycles. The Morgan fingerprint density at radius 2 is 1.45 bits per heavy atom. The summed E-state index contributed by atoms with van der Waals surface area (Å²) in [6.07, 6.45) is 0. The molecule has 0 atom stereocenters. The van der Waals surface area contributed by atoms with E-state index < -0.39 is 0 Å². The zero-order valence-electron chi connectivity index (χ0n) is 12.2. The number of para-hydroxylation sites is 1. The molecule has 0 spiro atoms. The maximum absolute atomic E-state index is 12.0. The first-order valence-corrected chi connectivity index (χ1v) is 7.01. The first-order chi connectivity index (χ1) is 10.7. The smallest absolute Gasteiger partial charge is 0.291 e. The number of furan rings is 1. The lowest BCUT2D eigenvalue weighted by atomic mass is 10.2. The number of amides is 1. The highest BCUT2D eigenvalue weighted by atomic mass is 16.3. The Hall–Kier alpha value is -3.01. The molecule has 2 aromatic carbocycles. The van der Waals surface area contributed by atoms with Gasteiger partial charge in [0.2, 0.25) is 0 Å². The summed E-state index contributed by atoms with van der Waals surface area (Å²) in [5, 5.41) is 6.09. The van der Waals surface area contributed by atoms with Crippen LogP contribution in [0, 0.1) is 6.92 Å². The van der Waals surface area contributed by atoms with Crippen LogP contribution in [0.4, 0.5) is 17.1 Å². The molecule has 4 heteroatoms. The van der Waals surface area contributed by atoms with Gasteiger partial charge in [-0.05, 0) is 55.5 Å². The van der Waals surface area contributed by atoms with Crippen molar-refractivity contribution in [1.29, 1.82) is 0 Å². The number of hydrogen-bond donors (Lipinski definition) is 2. The van der Waals surface area contributed by atoms with Crippen LogP contribution in [0.2, 0.25) is 0 Å². The van der Waals surface area contributed by atoms with Gasteiger partial charge < -0.3 is 15.1 Å². The molecule has 0 radical (unpaired) electrons. The minimum Gasteiger partial charge on any atom is -0.456 e. The summed E-state index contributed by atoms with van der Waals surface area (Å²) >= 11 is 0. The minimum absolute atomic E-state index is 0.253. The normalized spacial score (nSPS) is 10.2. The third kappa shape index (κ3) is 3.35. The molecular weight excluding hydrogens is 276 g/mol. The molecule has 1 aromatic heterocycles. The molecule has 0 aliphatic carbocycles. The van der Waals surface area contributed by atoms with Crippen molar-refractivity contribution >= 4 is 23.0 Å². The van der Waals surface area contributed by atoms with Gasteiger partial charge in [0.1, 0.15) is 5.76 Å². The van der Waals surface area contributed by atoms with Crippen LogP contribution in [0.25, 0.3) is 0 Å². The molecule has 0 bridgehead atoms. The predicted molar refractivity (Wildman–Crippen MR) is 87.6 cm³/mol. The highest BCUT2D eigenvalue weighted by Gasteiger charge is 2.09. The topological polar surface area (TPSA) is 54.3 Å². The lowest BCUT2D eigenvalue weighted by Crippen LogP contribution is -2.10. The van der Waals surface area contributed by atoms with E-state index in [1.807, 2.05) is 54.6 Å². The van der Waals surface area contributed by atoms with Gasteiger partial charge in [0, 0.05) is 17.1 Å². The second kappa shape index (κ2) is 6.18. The van der Waals surface area contributed by atoms with Gasteiger partial charge in [-0.15, -0.1) is 0 Å². The highest BCUT2D eigenvalue weighted by molar-refractivity contribution is 6.02. The summed E-state index contributed by atoms with van der Waals surface area (Å²) in [7, 11) is 0. The summed E-state index contributed by atoms with van der Waals surface area (Å²) in [6, 6.07) is 20.9. The van der Waals surface area contributed by atoms with E-state index in [1.54, 1.807) is 19.1 Å². The zero-order chi connectivity index (χ0) is 15.4. The Labute approximate surface area is 128 Å². The zero-order valence-corrected chi connectivity index (χ0v) is 12.2. The van der Waals surface area contributed by atoms with Gasteiger partial charge in [0.25, 0.3) is 5.91 Å². The van der Waals surface area contributed by atoms with E-state index >= 15 is 0 Å². The van der Waals surface area contributed by atoms with Crippen LogP contribution in [-0.2, 0) is 0 Å². The van der Waals surface area contributed by atoms with E-state index in [0.717, 1.165) is 17.1 Å². The maximum Gasteiger partial charge on any atom is 0.291 e. The average molecular weight is 292 g/mol. The lowest BCUT2D eigenvalue weighted by Gasteiger charge is -2.08. The summed E-state index contributed by atoms with van der Waals surface area (Å²) in [4.78, 5) is 12.0. The highest BCUT2D eigenvalue weighted by Crippen LogP contribution is 2.19. The standard InChI is InChI=1S/C18H16N2O2/c1-13-7-12-17(22-13)18(21)20-16-10-8-15(9-11-16)19-14-5-3-2-4-6-14/h2-12,19H,1H3,(H,20,21). The van der Waals surface area contributed by atoms with Crippen LogP contribution in [-0.4, -0.2) is 5.91 Å². The molecule has 0 unspecified atom stereocenters. The Morgan fingerprint density at radius 1 is 0.818 bits per heavy atom. The van der Waals surface area contributed by atoms with Crippen LogP contribution in [0.15, 0.2) is 71.1 Å². The molecule has 1 amide bonds. The Kier molecular flexibility index (Phi) is 3.92. The predicted octanol–water partition coefficient (Wildman–Crippen LogP) is 4.58. The van der Waals surface area contributed by atoms with Gasteiger partial charge in [-0.2, -0.15) is 0 Å². The monoisotopic (exact) mass is 292 g/mol. The van der Waals surface area contributed by atoms with E-state index in [4.69, 9.17) is 4.42 Å². The number of nitrogens with one attached hydrogen (secondary N) is 2. The number of carbonyl (C=O) groups is 1. The quantitative estimate of drug-likeness (QED) is 0.739. The first-order valence-electron chi connectivity index (χ1n) is 7.01. The van der Waals surface area contributed by atoms with E-state index in [0.29, 0.717) is 11.5 Å². The molecule has 3 aromatic rings. The molecule has 2 N–H and O–H groups in total. The molecule has 110 valence electrons. The number of carbonyl (C=O) groups excluding carboxylic acids is 1. The van der Waals surface area contributed by atoms with Crippen molar-refractivity contribution in [2.24, 2.45) is 0 Å². The van der Waals surface area contributed by atoms with Gasteiger partial charge in [0.15, 0.2) is 5.76 Å². The maximum atomic E-state index is 12.0. The number of hydrogen-bond acceptors (Lipinski definition) is 3. The van der Waals surface area contributed by atoms with Crippen molar-refractivity contribution in [2.45, 2.75) is 6.92 Å². The number of rotatable bonds is 4. The molecule has 0 fully saturated rings.